The van der Waals surface area contributed by atoms with Crippen LogP contribution in [0.25, 0.3) is 0 Å². The number of hydrogen-bond donors (Lipinski definition) is 1. The number of rotatable bonds is 8. The molecule has 178 valence electrons. The third-order valence-electron chi connectivity index (χ3n) is 6.16. The van der Waals surface area contributed by atoms with E-state index in [-0.39, 0.29) is 40.3 Å². The molecule has 0 spiro atoms. The van der Waals surface area contributed by atoms with Gasteiger partial charge in [-0.05, 0) is 62.4 Å². The van der Waals surface area contributed by atoms with E-state index in [1.165, 1.54) is 47.5 Å². The van der Waals surface area contributed by atoms with Crippen molar-refractivity contribution in [3.8, 4) is 0 Å². The number of benzene rings is 2. The number of piperazine rings is 1. The van der Waals surface area contributed by atoms with Gasteiger partial charge in [-0.25, -0.2) is 12.8 Å². The Bertz CT molecular complexity index is 1100. The standard InChI is InChI=1S/C23H28ClFN4O3S/c1-27(19-7-8-19)11-10-26-23(30)17-2-9-21(24)22(16-17)33(31,32)29-14-12-28(13-15-29)20-5-3-18(25)4-6-20/h2-6,9,16,19H,7-8,10-15H2,1H3,(H,26,30). The van der Waals surface area contributed by atoms with Crippen molar-refractivity contribution in [2.24, 2.45) is 0 Å². The summed E-state index contributed by atoms with van der Waals surface area (Å²) in [4.78, 5) is 16.7. The van der Waals surface area contributed by atoms with E-state index in [1.807, 2.05) is 11.9 Å². The van der Waals surface area contributed by atoms with E-state index in [4.69, 9.17) is 11.6 Å². The van der Waals surface area contributed by atoms with Crippen molar-refractivity contribution in [1.82, 2.24) is 14.5 Å². The molecule has 1 amide bonds. The van der Waals surface area contributed by atoms with Crippen LogP contribution in [0.3, 0.4) is 0 Å². The molecule has 0 bridgehead atoms. The SMILES string of the molecule is CN(CCNC(=O)c1ccc(Cl)c(S(=O)(=O)N2CCN(c3ccc(F)cc3)CC2)c1)C1CC1. The number of nitrogens with one attached hydrogen (secondary N) is 1. The lowest BCUT2D eigenvalue weighted by molar-refractivity contribution is 0.0949. The maximum Gasteiger partial charge on any atom is 0.251 e. The van der Waals surface area contributed by atoms with E-state index in [0.29, 0.717) is 25.7 Å². The van der Waals surface area contributed by atoms with Crippen molar-refractivity contribution in [2.75, 3.05) is 51.2 Å². The molecule has 0 unspecified atom stereocenters. The highest BCUT2D eigenvalue weighted by Crippen LogP contribution is 2.28. The van der Waals surface area contributed by atoms with Crippen molar-refractivity contribution in [3.05, 3.63) is 58.9 Å². The topological polar surface area (TPSA) is 73.0 Å². The normalized spacial score (nSPS) is 17.4. The summed E-state index contributed by atoms with van der Waals surface area (Å²) in [6.07, 6.45) is 2.39. The fourth-order valence-electron chi connectivity index (χ4n) is 3.97. The number of halogens is 2. The Kier molecular flexibility index (Phi) is 7.23. The van der Waals surface area contributed by atoms with Crippen molar-refractivity contribution in [1.29, 1.82) is 0 Å². The van der Waals surface area contributed by atoms with Gasteiger partial charge in [0, 0.05) is 56.6 Å². The highest BCUT2D eigenvalue weighted by molar-refractivity contribution is 7.89. The molecule has 2 aliphatic rings. The van der Waals surface area contributed by atoms with Crippen molar-refractivity contribution < 1.29 is 17.6 Å². The summed E-state index contributed by atoms with van der Waals surface area (Å²) < 4.78 is 41.1. The fourth-order valence-corrected chi connectivity index (χ4v) is 5.89. The van der Waals surface area contributed by atoms with Gasteiger partial charge >= 0.3 is 0 Å². The van der Waals surface area contributed by atoms with Crippen LogP contribution in [-0.4, -0.2) is 75.9 Å². The molecule has 2 fully saturated rings. The van der Waals surface area contributed by atoms with Gasteiger partial charge in [-0.2, -0.15) is 4.31 Å². The summed E-state index contributed by atoms with van der Waals surface area (Å²) in [5.74, 6) is -0.637. The number of hydrogen-bond acceptors (Lipinski definition) is 5. The van der Waals surface area contributed by atoms with Crippen LogP contribution in [-0.2, 0) is 10.0 Å². The summed E-state index contributed by atoms with van der Waals surface area (Å²) in [5.41, 5.74) is 1.11. The third-order valence-corrected chi connectivity index (χ3v) is 8.54. The van der Waals surface area contributed by atoms with Crippen LogP contribution in [0, 0.1) is 5.82 Å². The van der Waals surface area contributed by atoms with E-state index in [9.17, 15) is 17.6 Å². The molecule has 1 N–H and O–H groups in total. The van der Waals surface area contributed by atoms with E-state index in [1.54, 1.807) is 12.1 Å². The first-order chi connectivity index (χ1) is 15.8. The second kappa shape index (κ2) is 9.97. The molecule has 0 radical (unpaired) electrons. The van der Waals surface area contributed by atoms with Crippen LogP contribution in [0.15, 0.2) is 47.4 Å². The first kappa shape index (κ1) is 23.9. The van der Waals surface area contributed by atoms with Gasteiger partial charge in [-0.3, -0.25) is 4.79 Å². The zero-order valence-corrected chi connectivity index (χ0v) is 20.1. The molecule has 1 saturated carbocycles. The summed E-state index contributed by atoms with van der Waals surface area (Å²) >= 11 is 6.24. The van der Waals surface area contributed by atoms with Gasteiger partial charge in [0.25, 0.3) is 5.91 Å². The fraction of sp³-hybridized carbons (Fsp3) is 0.435. The Hall–Kier alpha value is -2.20. The quantitative estimate of drug-likeness (QED) is 0.611. The molecule has 1 saturated heterocycles. The van der Waals surface area contributed by atoms with Gasteiger partial charge in [0.05, 0.1) is 5.02 Å². The first-order valence-corrected chi connectivity index (χ1v) is 12.9. The molecule has 0 atom stereocenters. The molecule has 2 aromatic carbocycles. The lowest BCUT2D eigenvalue weighted by atomic mass is 10.2. The summed E-state index contributed by atoms with van der Waals surface area (Å²) in [7, 11) is -1.84. The minimum absolute atomic E-state index is 0.0675. The zero-order chi connectivity index (χ0) is 23.6. The van der Waals surface area contributed by atoms with Crippen LogP contribution in [0.2, 0.25) is 5.02 Å². The molecular weight excluding hydrogens is 467 g/mol. The second-order valence-corrected chi connectivity index (χ2v) is 10.8. The minimum atomic E-state index is -3.87. The highest BCUT2D eigenvalue weighted by atomic mass is 35.5. The van der Waals surface area contributed by atoms with Crippen molar-refractivity contribution >= 4 is 33.2 Å². The molecule has 4 rings (SSSR count). The van der Waals surface area contributed by atoms with Crippen molar-refractivity contribution in [2.45, 2.75) is 23.8 Å². The second-order valence-electron chi connectivity index (χ2n) is 8.48. The van der Waals surface area contributed by atoms with Gasteiger partial charge < -0.3 is 15.1 Å². The molecule has 0 aromatic heterocycles. The van der Waals surface area contributed by atoms with Crippen LogP contribution in [0.5, 0.6) is 0 Å². The zero-order valence-electron chi connectivity index (χ0n) is 18.5. The average molecular weight is 495 g/mol. The molecule has 2 aromatic rings. The summed E-state index contributed by atoms with van der Waals surface area (Å²) in [6, 6.07) is 11.1. The Labute approximate surface area is 199 Å². The average Bonchev–Trinajstić information content (AvgIpc) is 3.65. The minimum Gasteiger partial charge on any atom is -0.369 e. The third kappa shape index (κ3) is 5.66. The van der Waals surface area contributed by atoms with Crippen molar-refractivity contribution in [3.63, 3.8) is 0 Å². The first-order valence-electron chi connectivity index (χ1n) is 11.0. The van der Waals surface area contributed by atoms with Gasteiger partial charge in [-0.1, -0.05) is 11.6 Å². The summed E-state index contributed by atoms with van der Waals surface area (Å²) in [6.45, 7) is 2.70. The lowest BCUT2D eigenvalue weighted by Crippen LogP contribution is -2.48. The van der Waals surface area contributed by atoms with E-state index in [2.05, 4.69) is 10.2 Å². The number of nitrogens with zero attached hydrogens (tertiary/aromatic N) is 3. The van der Waals surface area contributed by atoms with E-state index < -0.39 is 10.0 Å². The Morgan fingerprint density at radius 1 is 1.12 bits per heavy atom. The Morgan fingerprint density at radius 3 is 2.42 bits per heavy atom. The monoisotopic (exact) mass is 494 g/mol. The van der Waals surface area contributed by atoms with E-state index >= 15 is 0 Å². The molecule has 1 aliphatic heterocycles. The predicted molar refractivity (Wildman–Crippen MR) is 127 cm³/mol. The number of anilines is 1. The maximum atomic E-state index is 13.3. The number of amides is 1. The predicted octanol–water partition coefficient (Wildman–Crippen LogP) is 2.81. The maximum absolute atomic E-state index is 13.3. The number of carbonyl (C=O) groups is 1. The number of likely N-dealkylation sites (N-methyl/N-ethyl adjacent to an activating group) is 1. The highest BCUT2D eigenvalue weighted by Gasteiger charge is 2.31. The number of sulfonamides is 1. The van der Waals surface area contributed by atoms with Gasteiger partial charge in [0.2, 0.25) is 10.0 Å². The van der Waals surface area contributed by atoms with Gasteiger partial charge in [0.15, 0.2) is 0 Å². The summed E-state index contributed by atoms with van der Waals surface area (Å²) in [5, 5.41) is 2.94. The Morgan fingerprint density at radius 2 is 1.79 bits per heavy atom. The molecule has 1 aliphatic carbocycles. The molecule has 7 nitrogen and oxygen atoms in total. The molecule has 10 heteroatoms. The van der Waals surface area contributed by atoms with Crippen LogP contribution in [0.1, 0.15) is 23.2 Å². The number of carbonyl (C=O) groups excluding carboxylic acids is 1. The van der Waals surface area contributed by atoms with Crippen LogP contribution < -0.4 is 10.2 Å². The molecule has 1 heterocycles. The van der Waals surface area contributed by atoms with Crippen LogP contribution >= 0.6 is 11.6 Å². The van der Waals surface area contributed by atoms with Crippen LogP contribution in [0.4, 0.5) is 10.1 Å². The van der Waals surface area contributed by atoms with E-state index in [0.717, 1.165) is 12.2 Å². The van der Waals surface area contributed by atoms with Gasteiger partial charge in [0.1, 0.15) is 10.7 Å². The van der Waals surface area contributed by atoms with Gasteiger partial charge in [-0.15, -0.1) is 0 Å². The molecule has 33 heavy (non-hydrogen) atoms. The smallest absolute Gasteiger partial charge is 0.251 e. The Balaban J connectivity index is 1.40. The lowest BCUT2D eigenvalue weighted by Gasteiger charge is -2.35. The largest absolute Gasteiger partial charge is 0.369 e. The molecular formula is C23H28ClFN4O3S.